The molecule has 0 heterocycles. The molecule has 0 aliphatic rings. The van der Waals surface area contributed by atoms with E-state index in [0.29, 0.717) is 18.5 Å². The van der Waals surface area contributed by atoms with Crippen LogP contribution in [0.2, 0.25) is 0 Å². The number of benzene rings is 1. The molecule has 3 nitrogen and oxygen atoms in total. The summed E-state index contributed by atoms with van der Waals surface area (Å²) in [5, 5.41) is 2.75. The van der Waals surface area contributed by atoms with Gasteiger partial charge in [0.1, 0.15) is 6.29 Å². The van der Waals surface area contributed by atoms with Crippen molar-refractivity contribution in [2.45, 2.75) is 18.2 Å². The normalized spacial score (nSPS) is 9.81. The first kappa shape index (κ1) is 12.8. The zero-order chi connectivity index (χ0) is 11.8. The fourth-order valence-electron chi connectivity index (χ4n) is 1.19. The minimum Gasteiger partial charge on any atom is -0.356 e. The number of amides is 1. The van der Waals surface area contributed by atoms with Gasteiger partial charge >= 0.3 is 0 Å². The van der Waals surface area contributed by atoms with E-state index in [2.05, 4.69) is 5.32 Å². The number of rotatable bonds is 6. The molecule has 1 rings (SSSR count). The molecule has 0 saturated carbocycles. The molecular weight excluding hydrogens is 222 g/mol. The minimum atomic E-state index is 0.0829. The molecule has 1 amide bonds. The topological polar surface area (TPSA) is 46.2 Å². The van der Waals surface area contributed by atoms with Crippen LogP contribution in [0.15, 0.2) is 29.2 Å². The Morgan fingerprint density at radius 3 is 2.62 bits per heavy atom. The summed E-state index contributed by atoms with van der Waals surface area (Å²) in [6.07, 6.45) is 1.34. The van der Waals surface area contributed by atoms with E-state index in [-0.39, 0.29) is 5.91 Å². The average Bonchev–Trinajstić information content (AvgIpc) is 2.30. The van der Waals surface area contributed by atoms with Gasteiger partial charge in [0.25, 0.3) is 0 Å². The lowest BCUT2D eigenvalue weighted by atomic mass is 10.2. The molecule has 0 spiro atoms. The van der Waals surface area contributed by atoms with Crippen LogP contribution in [0.1, 0.15) is 23.7 Å². The van der Waals surface area contributed by atoms with E-state index >= 15 is 0 Å². The monoisotopic (exact) mass is 237 g/mol. The van der Waals surface area contributed by atoms with Crippen LogP contribution in [0.25, 0.3) is 0 Å². The summed E-state index contributed by atoms with van der Waals surface area (Å²) in [5.41, 5.74) is 0.674. The van der Waals surface area contributed by atoms with Gasteiger partial charge < -0.3 is 5.32 Å². The smallest absolute Gasteiger partial charge is 0.220 e. The van der Waals surface area contributed by atoms with Crippen LogP contribution in [-0.4, -0.2) is 24.5 Å². The van der Waals surface area contributed by atoms with Crippen molar-refractivity contribution >= 4 is 24.0 Å². The zero-order valence-electron chi connectivity index (χ0n) is 9.23. The molecule has 0 aromatic heterocycles. The number of nitrogens with one attached hydrogen (secondary N) is 1. The zero-order valence-corrected chi connectivity index (χ0v) is 10.0. The average molecular weight is 237 g/mol. The molecule has 1 aromatic rings. The van der Waals surface area contributed by atoms with Gasteiger partial charge in [0.05, 0.1) is 0 Å². The van der Waals surface area contributed by atoms with Gasteiger partial charge in [0.15, 0.2) is 0 Å². The maximum atomic E-state index is 11.2. The van der Waals surface area contributed by atoms with Crippen LogP contribution in [-0.2, 0) is 4.79 Å². The lowest BCUT2D eigenvalue weighted by molar-refractivity contribution is -0.120. The molecule has 4 heteroatoms. The molecule has 16 heavy (non-hydrogen) atoms. The second kappa shape index (κ2) is 7.06. The molecule has 0 atom stereocenters. The molecule has 1 N–H and O–H groups in total. The van der Waals surface area contributed by atoms with Crippen molar-refractivity contribution in [3.8, 4) is 0 Å². The highest BCUT2D eigenvalue weighted by Gasteiger charge is 2.00. The summed E-state index contributed by atoms with van der Waals surface area (Å²) >= 11 is 1.62. The number of carbonyl (C=O) groups is 2. The first-order valence-corrected chi connectivity index (χ1v) is 6.19. The molecule has 1 aromatic carbocycles. The molecule has 0 unspecified atom stereocenters. The van der Waals surface area contributed by atoms with Gasteiger partial charge in [0, 0.05) is 29.2 Å². The first-order chi connectivity index (χ1) is 7.76. The molecule has 0 saturated heterocycles. The fraction of sp³-hybridized carbons (Fsp3) is 0.333. The van der Waals surface area contributed by atoms with Crippen LogP contribution < -0.4 is 5.32 Å². The maximum Gasteiger partial charge on any atom is 0.220 e. The SMILES string of the molecule is CCNC(=O)CCSc1ccc(C=O)cc1. The van der Waals surface area contributed by atoms with Gasteiger partial charge in [-0.25, -0.2) is 0 Å². The highest BCUT2D eigenvalue weighted by atomic mass is 32.2. The summed E-state index contributed by atoms with van der Waals surface area (Å²) in [6, 6.07) is 7.35. The molecule has 0 fully saturated rings. The Morgan fingerprint density at radius 1 is 1.38 bits per heavy atom. The lowest BCUT2D eigenvalue weighted by Gasteiger charge is -2.02. The van der Waals surface area contributed by atoms with Crippen molar-refractivity contribution in [3.05, 3.63) is 29.8 Å². The summed E-state index contributed by atoms with van der Waals surface area (Å²) in [5.74, 6) is 0.839. The van der Waals surface area contributed by atoms with Crippen LogP contribution in [0.5, 0.6) is 0 Å². The highest BCUT2D eigenvalue weighted by molar-refractivity contribution is 7.99. The van der Waals surface area contributed by atoms with Gasteiger partial charge in [-0.05, 0) is 19.1 Å². The Labute approximate surface area is 99.6 Å². The number of thioether (sulfide) groups is 1. The molecule has 0 aliphatic carbocycles. The van der Waals surface area contributed by atoms with E-state index in [1.807, 2.05) is 19.1 Å². The third-order valence-electron chi connectivity index (χ3n) is 1.99. The molecule has 0 bridgehead atoms. The molecule has 0 aliphatic heterocycles. The molecule has 86 valence electrons. The van der Waals surface area contributed by atoms with E-state index < -0.39 is 0 Å². The lowest BCUT2D eigenvalue weighted by Crippen LogP contribution is -2.22. The predicted molar refractivity (Wildman–Crippen MR) is 65.9 cm³/mol. The highest BCUT2D eigenvalue weighted by Crippen LogP contribution is 2.18. The summed E-state index contributed by atoms with van der Waals surface area (Å²) < 4.78 is 0. The largest absolute Gasteiger partial charge is 0.356 e. The standard InChI is InChI=1S/C12H15NO2S/c1-2-13-12(15)7-8-16-11-5-3-10(9-14)4-6-11/h3-6,9H,2,7-8H2,1H3,(H,13,15). The number of hydrogen-bond donors (Lipinski definition) is 1. The van der Waals surface area contributed by atoms with Crippen molar-refractivity contribution < 1.29 is 9.59 Å². The van der Waals surface area contributed by atoms with Crippen molar-refractivity contribution in [2.75, 3.05) is 12.3 Å². The second-order valence-corrected chi connectivity index (χ2v) is 4.41. The van der Waals surface area contributed by atoms with E-state index in [4.69, 9.17) is 0 Å². The summed E-state index contributed by atoms with van der Waals surface area (Å²) in [7, 11) is 0. The number of carbonyl (C=O) groups excluding carboxylic acids is 2. The van der Waals surface area contributed by atoms with Crippen LogP contribution in [0, 0.1) is 0 Å². The third kappa shape index (κ3) is 4.49. The van der Waals surface area contributed by atoms with Gasteiger partial charge in [-0.15, -0.1) is 11.8 Å². The van der Waals surface area contributed by atoms with E-state index in [0.717, 1.165) is 16.9 Å². The fourth-order valence-corrected chi connectivity index (χ4v) is 2.04. The van der Waals surface area contributed by atoms with Gasteiger partial charge in [0.2, 0.25) is 5.91 Å². The maximum absolute atomic E-state index is 11.2. The van der Waals surface area contributed by atoms with E-state index in [9.17, 15) is 9.59 Å². The van der Waals surface area contributed by atoms with E-state index in [1.165, 1.54) is 0 Å². The van der Waals surface area contributed by atoms with Crippen molar-refractivity contribution in [2.24, 2.45) is 0 Å². The quantitative estimate of drug-likeness (QED) is 0.609. The predicted octanol–water partition coefficient (Wildman–Crippen LogP) is 2.12. The second-order valence-electron chi connectivity index (χ2n) is 3.24. The van der Waals surface area contributed by atoms with Crippen molar-refractivity contribution in [3.63, 3.8) is 0 Å². The van der Waals surface area contributed by atoms with Gasteiger partial charge in [-0.2, -0.15) is 0 Å². The van der Waals surface area contributed by atoms with Crippen LogP contribution in [0.4, 0.5) is 0 Å². The van der Waals surface area contributed by atoms with E-state index in [1.54, 1.807) is 23.9 Å². The van der Waals surface area contributed by atoms with Crippen molar-refractivity contribution in [1.29, 1.82) is 0 Å². The van der Waals surface area contributed by atoms with Crippen LogP contribution >= 0.6 is 11.8 Å². The van der Waals surface area contributed by atoms with Crippen LogP contribution in [0.3, 0.4) is 0 Å². The Kier molecular flexibility index (Phi) is 5.64. The third-order valence-corrected chi connectivity index (χ3v) is 3.00. The van der Waals surface area contributed by atoms with Crippen molar-refractivity contribution in [1.82, 2.24) is 5.32 Å². The van der Waals surface area contributed by atoms with Gasteiger partial charge in [-0.1, -0.05) is 12.1 Å². The number of aldehydes is 1. The Bertz CT molecular complexity index is 349. The molecular formula is C12H15NO2S. The summed E-state index contributed by atoms with van der Waals surface area (Å²) in [6.45, 7) is 2.58. The summed E-state index contributed by atoms with van der Waals surface area (Å²) in [4.78, 5) is 22.7. The number of hydrogen-bond acceptors (Lipinski definition) is 3. The molecule has 0 radical (unpaired) electrons. The Hall–Kier alpha value is -1.29. The first-order valence-electron chi connectivity index (χ1n) is 5.21. The van der Waals surface area contributed by atoms with Gasteiger partial charge in [-0.3, -0.25) is 9.59 Å². The Balaban J connectivity index is 2.31. The Morgan fingerprint density at radius 2 is 2.06 bits per heavy atom. The minimum absolute atomic E-state index is 0.0829.